The monoisotopic (exact) mass is 323 g/mol. The van der Waals surface area contributed by atoms with E-state index in [2.05, 4.69) is 32.3 Å². The second kappa shape index (κ2) is 9.11. The van der Waals surface area contributed by atoms with Crippen LogP contribution in [0.2, 0.25) is 0 Å². The van der Waals surface area contributed by atoms with Crippen LogP contribution in [0, 0.1) is 5.92 Å². The number of likely N-dealkylation sites (tertiary alicyclic amines) is 2. The zero-order valence-corrected chi connectivity index (χ0v) is 15.0. The number of carbonyl (C=O) groups is 1. The van der Waals surface area contributed by atoms with E-state index in [-0.39, 0.29) is 5.91 Å². The van der Waals surface area contributed by atoms with E-state index in [0.29, 0.717) is 18.4 Å². The van der Waals surface area contributed by atoms with E-state index in [4.69, 9.17) is 0 Å². The molecule has 0 aromatic rings. The Kier molecular flexibility index (Phi) is 7.15. The van der Waals surface area contributed by atoms with Crippen molar-refractivity contribution in [3.05, 3.63) is 0 Å². The number of nitrogens with zero attached hydrogens (tertiary/aromatic N) is 3. The number of likely N-dealkylation sites (N-methyl/N-ethyl adjacent to an activating group) is 1. The molecule has 132 valence electrons. The highest BCUT2D eigenvalue weighted by Gasteiger charge is 2.26. The molecule has 2 heterocycles. The molecule has 1 atom stereocenters. The van der Waals surface area contributed by atoms with Crippen LogP contribution in [-0.2, 0) is 4.79 Å². The van der Waals surface area contributed by atoms with Gasteiger partial charge in [0.25, 0.3) is 0 Å². The first kappa shape index (κ1) is 18.0. The number of hydrogen-bond acceptors (Lipinski definition) is 3. The number of piperidine rings is 1. The molecule has 0 spiro atoms. The maximum absolute atomic E-state index is 11.5. The number of aliphatic imine (C=N–C) groups is 1. The van der Waals surface area contributed by atoms with Crippen LogP contribution in [0.4, 0.5) is 0 Å². The minimum Gasteiger partial charge on any atom is -0.359 e. The van der Waals surface area contributed by atoms with E-state index in [1.54, 1.807) is 7.05 Å². The molecule has 2 saturated heterocycles. The summed E-state index contributed by atoms with van der Waals surface area (Å²) < 4.78 is 0. The van der Waals surface area contributed by atoms with Crippen molar-refractivity contribution >= 4 is 11.9 Å². The van der Waals surface area contributed by atoms with Crippen LogP contribution in [0.3, 0.4) is 0 Å². The van der Waals surface area contributed by atoms with Crippen molar-refractivity contribution in [1.29, 1.82) is 0 Å². The van der Waals surface area contributed by atoms with Crippen LogP contribution in [0.1, 0.15) is 39.0 Å². The molecular weight excluding hydrogens is 290 g/mol. The van der Waals surface area contributed by atoms with Crippen LogP contribution in [0.25, 0.3) is 0 Å². The third-order valence-corrected chi connectivity index (χ3v) is 5.28. The molecule has 0 radical (unpaired) electrons. The summed E-state index contributed by atoms with van der Waals surface area (Å²) in [6.07, 6.45) is 5.39. The minimum atomic E-state index is 0.159. The second-order valence-corrected chi connectivity index (χ2v) is 6.66. The van der Waals surface area contributed by atoms with Gasteiger partial charge in [0.15, 0.2) is 5.96 Å². The lowest BCUT2D eigenvalue weighted by molar-refractivity contribution is -0.121. The van der Waals surface area contributed by atoms with Gasteiger partial charge in [-0.1, -0.05) is 6.92 Å². The highest BCUT2D eigenvalue weighted by molar-refractivity contribution is 5.80. The highest BCUT2D eigenvalue weighted by Crippen LogP contribution is 2.21. The molecule has 2 N–H and O–H groups in total. The highest BCUT2D eigenvalue weighted by atomic mass is 16.1. The Bertz CT molecular complexity index is 404. The van der Waals surface area contributed by atoms with Gasteiger partial charge in [-0.3, -0.25) is 14.7 Å². The maximum atomic E-state index is 11.5. The van der Waals surface area contributed by atoms with Crippen LogP contribution in [0.5, 0.6) is 0 Å². The van der Waals surface area contributed by atoms with Gasteiger partial charge in [-0.05, 0) is 44.7 Å². The fraction of sp³-hybridized carbons (Fsp3) is 0.882. The smallest absolute Gasteiger partial charge is 0.220 e. The van der Waals surface area contributed by atoms with E-state index in [0.717, 1.165) is 45.0 Å². The number of amides is 1. The van der Waals surface area contributed by atoms with Gasteiger partial charge in [-0.15, -0.1) is 0 Å². The predicted molar refractivity (Wildman–Crippen MR) is 94.6 cm³/mol. The lowest BCUT2D eigenvalue weighted by Crippen LogP contribution is -2.49. The predicted octanol–water partition coefficient (Wildman–Crippen LogP) is 0.894. The molecule has 0 aliphatic carbocycles. The number of guanidine groups is 1. The largest absolute Gasteiger partial charge is 0.359 e. The summed E-state index contributed by atoms with van der Waals surface area (Å²) in [6.45, 7) is 7.57. The first-order valence-electron chi connectivity index (χ1n) is 9.08. The van der Waals surface area contributed by atoms with Crippen molar-refractivity contribution in [2.75, 3.05) is 46.8 Å². The van der Waals surface area contributed by atoms with Gasteiger partial charge in [0.1, 0.15) is 0 Å². The van der Waals surface area contributed by atoms with Crippen LogP contribution < -0.4 is 10.6 Å². The summed E-state index contributed by atoms with van der Waals surface area (Å²) >= 11 is 0. The van der Waals surface area contributed by atoms with Crippen LogP contribution in [-0.4, -0.2) is 74.5 Å². The molecule has 2 aliphatic rings. The van der Waals surface area contributed by atoms with Crippen molar-refractivity contribution in [1.82, 2.24) is 20.4 Å². The van der Waals surface area contributed by atoms with Crippen molar-refractivity contribution in [2.45, 2.75) is 45.1 Å². The van der Waals surface area contributed by atoms with Gasteiger partial charge in [0.2, 0.25) is 5.91 Å². The quantitative estimate of drug-likeness (QED) is 0.583. The zero-order valence-electron chi connectivity index (χ0n) is 15.0. The third-order valence-electron chi connectivity index (χ3n) is 5.28. The Morgan fingerprint density at radius 1 is 1.22 bits per heavy atom. The van der Waals surface area contributed by atoms with Gasteiger partial charge in [-0.2, -0.15) is 0 Å². The van der Waals surface area contributed by atoms with Crippen molar-refractivity contribution in [3.8, 4) is 0 Å². The van der Waals surface area contributed by atoms with E-state index < -0.39 is 0 Å². The summed E-state index contributed by atoms with van der Waals surface area (Å²) in [5.74, 6) is 1.69. The SMILES string of the molecule is CCN1CCCC1CNC(=NC)N1CCC(CC(=O)NC)CC1. The molecule has 6 nitrogen and oxygen atoms in total. The Morgan fingerprint density at radius 3 is 2.57 bits per heavy atom. The van der Waals surface area contributed by atoms with Crippen LogP contribution >= 0.6 is 0 Å². The fourth-order valence-electron chi connectivity index (χ4n) is 3.80. The summed E-state index contributed by atoms with van der Waals surface area (Å²) in [7, 11) is 3.58. The van der Waals surface area contributed by atoms with Gasteiger partial charge in [0, 0.05) is 46.2 Å². The van der Waals surface area contributed by atoms with E-state index >= 15 is 0 Å². The maximum Gasteiger partial charge on any atom is 0.220 e. The Morgan fingerprint density at radius 2 is 1.96 bits per heavy atom. The molecule has 0 bridgehead atoms. The van der Waals surface area contributed by atoms with Crippen molar-refractivity contribution in [2.24, 2.45) is 10.9 Å². The first-order chi connectivity index (χ1) is 11.2. The Balaban J connectivity index is 1.75. The summed E-state index contributed by atoms with van der Waals surface area (Å²) in [6, 6.07) is 0.641. The molecule has 0 aromatic heterocycles. The van der Waals surface area contributed by atoms with E-state index in [1.165, 1.54) is 19.4 Å². The van der Waals surface area contributed by atoms with Gasteiger partial charge in [-0.25, -0.2) is 0 Å². The molecule has 0 aromatic carbocycles. The minimum absolute atomic E-state index is 0.159. The molecule has 1 amide bonds. The zero-order chi connectivity index (χ0) is 16.7. The molecular formula is C17H33N5O. The molecule has 6 heteroatoms. The van der Waals surface area contributed by atoms with Crippen molar-refractivity contribution in [3.63, 3.8) is 0 Å². The molecule has 23 heavy (non-hydrogen) atoms. The van der Waals surface area contributed by atoms with Gasteiger partial charge in [0.05, 0.1) is 0 Å². The standard InChI is InChI=1S/C17H33N5O/c1-4-21-9-5-6-15(21)13-20-17(19-3)22-10-7-14(8-11-22)12-16(23)18-2/h14-15H,4-13H2,1-3H3,(H,18,23)(H,19,20). The number of nitrogens with one attached hydrogen (secondary N) is 2. The third kappa shape index (κ3) is 5.09. The fourth-order valence-corrected chi connectivity index (χ4v) is 3.80. The topological polar surface area (TPSA) is 60.0 Å². The number of carbonyl (C=O) groups excluding carboxylic acids is 1. The average molecular weight is 323 g/mol. The molecule has 0 saturated carbocycles. The summed E-state index contributed by atoms with van der Waals surface area (Å²) in [4.78, 5) is 20.8. The summed E-state index contributed by atoms with van der Waals surface area (Å²) in [5, 5.41) is 6.29. The number of rotatable bonds is 5. The Labute approximate surface area is 140 Å². The van der Waals surface area contributed by atoms with E-state index in [1.807, 2.05) is 7.05 Å². The van der Waals surface area contributed by atoms with Gasteiger partial charge >= 0.3 is 0 Å². The lowest BCUT2D eigenvalue weighted by atomic mass is 9.93. The summed E-state index contributed by atoms with van der Waals surface area (Å²) in [5.41, 5.74) is 0. The second-order valence-electron chi connectivity index (χ2n) is 6.66. The van der Waals surface area contributed by atoms with Crippen molar-refractivity contribution < 1.29 is 4.79 Å². The first-order valence-corrected chi connectivity index (χ1v) is 9.08. The molecule has 1 unspecified atom stereocenters. The van der Waals surface area contributed by atoms with Gasteiger partial charge < -0.3 is 15.5 Å². The van der Waals surface area contributed by atoms with Crippen LogP contribution in [0.15, 0.2) is 4.99 Å². The molecule has 2 aliphatic heterocycles. The number of hydrogen-bond donors (Lipinski definition) is 2. The normalized spacial score (nSPS) is 24.0. The average Bonchev–Trinajstić information content (AvgIpc) is 3.04. The Hall–Kier alpha value is -1.30. The molecule has 2 rings (SSSR count). The lowest BCUT2D eigenvalue weighted by Gasteiger charge is -2.35. The molecule has 2 fully saturated rings. The van der Waals surface area contributed by atoms with E-state index in [9.17, 15) is 4.79 Å².